The third-order valence-electron chi connectivity index (χ3n) is 1.88. The van der Waals surface area contributed by atoms with Crippen LogP contribution in [0.15, 0.2) is 18.2 Å². The molecule has 1 unspecified atom stereocenters. The Morgan fingerprint density at radius 1 is 1.50 bits per heavy atom. The topological polar surface area (TPSA) is 26.3 Å². The highest BCUT2D eigenvalue weighted by Gasteiger charge is 2.17. The minimum Gasteiger partial charge on any atom is -0.465 e. The van der Waals surface area contributed by atoms with Crippen LogP contribution in [0.2, 0.25) is 5.02 Å². The number of ether oxygens (including phenoxy) is 1. The van der Waals surface area contributed by atoms with Crippen molar-refractivity contribution in [3.05, 3.63) is 34.6 Å². The lowest BCUT2D eigenvalue weighted by Gasteiger charge is -2.08. The highest BCUT2D eigenvalue weighted by atomic mass is 35.5. The number of esters is 1. The van der Waals surface area contributed by atoms with E-state index in [0.717, 1.165) is 0 Å². The van der Waals surface area contributed by atoms with Crippen LogP contribution in [0.5, 0.6) is 0 Å². The second-order valence-corrected chi connectivity index (χ2v) is 4.16. The second-order valence-electron chi connectivity index (χ2n) is 3.20. The standard InChI is InChI=1S/C11H11Cl2FO2/c1-2-16-11(15)10(13)5-7-3-8(12)6-9(14)4-7/h3-4,6,10H,2,5H2,1H3. The molecule has 0 radical (unpaired) electrons. The summed E-state index contributed by atoms with van der Waals surface area (Å²) in [7, 11) is 0. The third-order valence-corrected chi connectivity index (χ3v) is 2.43. The molecular weight excluding hydrogens is 254 g/mol. The molecule has 16 heavy (non-hydrogen) atoms. The molecule has 2 nitrogen and oxygen atoms in total. The van der Waals surface area contributed by atoms with Gasteiger partial charge in [-0.25, -0.2) is 4.39 Å². The monoisotopic (exact) mass is 264 g/mol. The molecule has 1 aromatic carbocycles. The van der Waals surface area contributed by atoms with Crippen LogP contribution in [0.25, 0.3) is 0 Å². The summed E-state index contributed by atoms with van der Waals surface area (Å²) in [6, 6.07) is 4.05. The summed E-state index contributed by atoms with van der Waals surface area (Å²) in [6.07, 6.45) is 0.192. The molecule has 1 aromatic rings. The Kier molecular flexibility index (Phi) is 5.03. The quantitative estimate of drug-likeness (QED) is 0.617. The fraction of sp³-hybridized carbons (Fsp3) is 0.364. The molecule has 0 bridgehead atoms. The lowest BCUT2D eigenvalue weighted by Crippen LogP contribution is -2.20. The first-order valence-electron chi connectivity index (χ1n) is 4.78. The van der Waals surface area contributed by atoms with Gasteiger partial charge in [-0.2, -0.15) is 0 Å². The van der Waals surface area contributed by atoms with E-state index < -0.39 is 17.2 Å². The van der Waals surface area contributed by atoms with Gasteiger partial charge in [0.15, 0.2) is 0 Å². The van der Waals surface area contributed by atoms with Crippen LogP contribution >= 0.6 is 23.2 Å². The molecule has 0 N–H and O–H groups in total. The Morgan fingerprint density at radius 2 is 2.19 bits per heavy atom. The average molecular weight is 265 g/mol. The Bertz CT molecular complexity index is 362. The fourth-order valence-electron chi connectivity index (χ4n) is 1.25. The maximum Gasteiger partial charge on any atom is 0.324 e. The van der Waals surface area contributed by atoms with Gasteiger partial charge >= 0.3 is 5.97 Å². The number of hydrogen-bond acceptors (Lipinski definition) is 2. The van der Waals surface area contributed by atoms with Gasteiger partial charge in [-0.1, -0.05) is 11.6 Å². The van der Waals surface area contributed by atoms with Gasteiger partial charge in [-0.05, 0) is 37.1 Å². The van der Waals surface area contributed by atoms with Crippen LogP contribution in [-0.4, -0.2) is 18.0 Å². The van der Waals surface area contributed by atoms with Gasteiger partial charge in [-0.15, -0.1) is 11.6 Å². The van der Waals surface area contributed by atoms with Gasteiger partial charge in [0.2, 0.25) is 0 Å². The number of hydrogen-bond donors (Lipinski definition) is 0. The molecule has 0 amide bonds. The van der Waals surface area contributed by atoms with Crippen molar-refractivity contribution in [2.24, 2.45) is 0 Å². The van der Waals surface area contributed by atoms with Gasteiger partial charge < -0.3 is 4.74 Å². The zero-order valence-corrected chi connectivity index (χ0v) is 10.2. The number of alkyl halides is 1. The number of halogens is 3. The highest BCUT2D eigenvalue weighted by Crippen LogP contribution is 2.17. The van der Waals surface area contributed by atoms with Crippen LogP contribution in [0.1, 0.15) is 12.5 Å². The van der Waals surface area contributed by atoms with Gasteiger partial charge in [0, 0.05) is 5.02 Å². The molecule has 0 aromatic heterocycles. The van der Waals surface area contributed by atoms with Crippen LogP contribution in [0, 0.1) is 5.82 Å². The smallest absolute Gasteiger partial charge is 0.324 e. The lowest BCUT2D eigenvalue weighted by atomic mass is 10.1. The van der Waals surface area contributed by atoms with E-state index in [9.17, 15) is 9.18 Å². The van der Waals surface area contributed by atoms with E-state index in [1.54, 1.807) is 13.0 Å². The zero-order chi connectivity index (χ0) is 12.1. The predicted molar refractivity (Wildman–Crippen MR) is 61.4 cm³/mol. The molecule has 0 saturated carbocycles. The van der Waals surface area contributed by atoms with Crippen molar-refractivity contribution < 1.29 is 13.9 Å². The summed E-state index contributed by atoms with van der Waals surface area (Å²) in [5, 5.41) is -0.541. The van der Waals surface area contributed by atoms with E-state index in [1.165, 1.54) is 12.1 Å². The first-order valence-corrected chi connectivity index (χ1v) is 5.60. The predicted octanol–water partition coefficient (Wildman–Crippen LogP) is 3.19. The van der Waals surface area contributed by atoms with Crippen molar-refractivity contribution in [1.29, 1.82) is 0 Å². The van der Waals surface area contributed by atoms with Crippen molar-refractivity contribution in [3.63, 3.8) is 0 Å². The van der Waals surface area contributed by atoms with Crippen molar-refractivity contribution in [1.82, 2.24) is 0 Å². The maximum absolute atomic E-state index is 13.0. The molecule has 0 heterocycles. The molecule has 0 aliphatic heterocycles. The Hall–Kier alpha value is -0.800. The largest absolute Gasteiger partial charge is 0.465 e. The molecule has 5 heteroatoms. The van der Waals surface area contributed by atoms with E-state index in [2.05, 4.69) is 0 Å². The van der Waals surface area contributed by atoms with Crippen LogP contribution < -0.4 is 0 Å². The first-order chi connectivity index (χ1) is 7.52. The molecule has 0 aliphatic carbocycles. The van der Waals surface area contributed by atoms with Crippen molar-refractivity contribution in [3.8, 4) is 0 Å². The fourth-order valence-corrected chi connectivity index (χ4v) is 1.74. The summed E-state index contributed by atoms with van der Waals surface area (Å²) in [5.41, 5.74) is 0.568. The van der Waals surface area contributed by atoms with Crippen LogP contribution in [-0.2, 0) is 16.0 Å². The number of benzene rings is 1. The SMILES string of the molecule is CCOC(=O)C(Cl)Cc1cc(F)cc(Cl)c1. The summed E-state index contributed by atoms with van der Waals surface area (Å²) < 4.78 is 17.7. The lowest BCUT2D eigenvalue weighted by molar-refractivity contribution is -0.142. The van der Waals surface area contributed by atoms with Crippen molar-refractivity contribution >= 4 is 29.2 Å². The van der Waals surface area contributed by atoms with Crippen molar-refractivity contribution in [2.45, 2.75) is 18.7 Å². The summed E-state index contributed by atoms with van der Waals surface area (Å²) in [4.78, 5) is 11.2. The van der Waals surface area contributed by atoms with E-state index in [1.807, 2.05) is 0 Å². The van der Waals surface area contributed by atoms with E-state index >= 15 is 0 Å². The van der Waals surface area contributed by atoms with E-state index in [0.29, 0.717) is 5.56 Å². The van der Waals surface area contributed by atoms with Crippen LogP contribution in [0.4, 0.5) is 4.39 Å². The van der Waals surface area contributed by atoms with Gasteiger partial charge in [-0.3, -0.25) is 4.79 Å². The minimum absolute atomic E-state index is 0.192. The summed E-state index contributed by atoms with van der Waals surface area (Å²) in [6.45, 7) is 1.96. The Morgan fingerprint density at radius 3 is 2.75 bits per heavy atom. The minimum atomic E-state index is -0.821. The van der Waals surface area contributed by atoms with E-state index in [-0.39, 0.29) is 18.1 Å². The maximum atomic E-state index is 13.0. The molecule has 0 saturated heterocycles. The molecule has 1 rings (SSSR count). The molecule has 88 valence electrons. The van der Waals surface area contributed by atoms with E-state index in [4.69, 9.17) is 27.9 Å². The number of rotatable bonds is 4. The number of carbonyl (C=O) groups is 1. The molecule has 1 atom stereocenters. The molecule has 0 aliphatic rings. The van der Waals surface area contributed by atoms with Gasteiger partial charge in [0.05, 0.1) is 6.61 Å². The van der Waals surface area contributed by atoms with Crippen LogP contribution in [0.3, 0.4) is 0 Å². The summed E-state index contributed by atoms with van der Waals surface area (Å²) in [5.74, 6) is -0.959. The Labute approximate surface area is 103 Å². The zero-order valence-electron chi connectivity index (χ0n) is 8.67. The van der Waals surface area contributed by atoms with Gasteiger partial charge in [0.1, 0.15) is 11.2 Å². The van der Waals surface area contributed by atoms with Gasteiger partial charge in [0.25, 0.3) is 0 Å². The average Bonchev–Trinajstić information content (AvgIpc) is 2.16. The van der Waals surface area contributed by atoms with Crippen molar-refractivity contribution in [2.75, 3.05) is 6.61 Å². The Balaban J connectivity index is 2.69. The first kappa shape index (κ1) is 13.3. The molecule has 0 fully saturated rings. The molecular formula is C11H11Cl2FO2. The normalized spacial score (nSPS) is 12.2. The summed E-state index contributed by atoms with van der Waals surface area (Å²) >= 11 is 11.5. The third kappa shape index (κ3) is 3.99. The number of carbonyl (C=O) groups excluding carboxylic acids is 1. The highest BCUT2D eigenvalue weighted by molar-refractivity contribution is 6.31. The second kappa shape index (κ2) is 6.06. The molecule has 0 spiro atoms.